The summed E-state index contributed by atoms with van der Waals surface area (Å²) in [6, 6.07) is 9.78. The van der Waals surface area contributed by atoms with Gasteiger partial charge >= 0.3 is 0 Å². The fraction of sp³-hybridized carbons (Fsp3) is 0.167. The Balaban J connectivity index is 1.79. The van der Waals surface area contributed by atoms with E-state index in [1.165, 1.54) is 10.6 Å². The van der Waals surface area contributed by atoms with E-state index in [2.05, 4.69) is 10.3 Å². The molecule has 0 bridgehead atoms. The van der Waals surface area contributed by atoms with Crippen LogP contribution in [0.2, 0.25) is 0 Å². The second-order valence-corrected chi connectivity index (χ2v) is 5.61. The summed E-state index contributed by atoms with van der Waals surface area (Å²) in [4.78, 5) is 28.4. The number of anilines is 1. The quantitative estimate of drug-likeness (QED) is 0.759. The van der Waals surface area contributed by atoms with Crippen LogP contribution < -0.4 is 15.6 Å². The SMILES string of the molecule is COc1ccc2cc(NC(=O)Cn3c(C)cc(O)cc3=O)cnc2c1. The van der Waals surface area contributed by atoms with Crippen molar-refractivity contribution in [1.29, 1.82) is 0 Å². The maximum Gasteiger partial charge on any atom is 0.254 e. The smallest absolute Gasteiger partial charge is 0.254 e. The van der Waals surface area contributed by atoms with Crippen molar-refractivity contribution in [2.24, 2.45) is 0 Å². The molecule has 0 saturated carbocycles. The van der Waals surface area contributed by atoms with Gasteiger partial charge in [0.25, 0.3) is 5.56 Å². The largest absolute Gasteiger partial charge is 0.508 e. The average molecular weight is 339 g/mol. The molecule has 2 N–H and O–H groups in total. The van der Waals surface area contributed by atoms with E-state index in [0.29, 0.717) is 17.1 Å². The molecular weight excluding hydrogens is 322 g/mol. The molecule has 0 aliphatic carbocycles. The molecule has 3 aromatic rings. The third-order valence-corrected chi connectivity index (χ3v) is 3.80. The first-order valence-electron chi connectivity index (χ1n) is 7.60. The van der Waals surface area contributed by atoms with Gasteiger partial charge in [-0.15, -0.1) is 0 Å². The van der Waals surface area contributed by atoms with Crippen LogP contribution in [0.5, 0.6) is 11.5 Å². The van der Waals surface area contributed by atoms with E-state index in [9.17, 15) is 14.7 Å². The van der Waals surface area contributed by atoms with E-state index in [1.807, 2.05) is 12.1 Å². The molecule has 1 aromatic carbocycles. The van der Waals surface area contributed by atoms with Gasteiger partial charge in [0.05, 0.1) is 24.5 Å². The highest BCUT2D eigenvalue weighted by Crippen LogP contribution is 2.21. The van der Waals surface area contributed by atoms with Crippen molar-refractivity contribution in [3.63, 3.8) is 0 Å². The van der Waals surface area contributed by atoms with Gasteiger partial charge in [-0.1, -0.05) is 0 Å². The summed E-state index contributed by atoms with van der Waals surface area (Å²) in [6.07, 6.45) is 1.55. The number of hydrogen-bond acceptors (Lipinski definition) is 5. The van der Waals surface area contributed by atoms with Crippen LogP contribution in [0.4, 0.5) is 5.69 Å². The minimum Gasteiger partial charge on any atom is -0.508 e. The first-order chi connectivity index (χ1) is 12.0. The summed E-state index contributed by atoms with van der Waals surface area (Å²) in [5, 5.41) is 13.0. The lowest BCUT2D eigenvalue weighted by molar-refractivity contribution is -0.116. The Morgan fingerprint density at radius 2 is 2.08 bits per heavy atom. The predicted molar refractivity (Wildman–Crippen MR) is 94.0 cm³/mol. The van der Waals surface area contributed by atoms with Crippen molar-refractivity contribution >= 4 is 22.5 Å². The number of nitrogens with one attached hydrogen (secondary N) is 1. The summed E-state index contributed by atoms with van der Waals surface area (Å²) >= 11 is 0. The van der Waals surface area contributed by atoms with Gasteiger partial charge in [-0.3, -0.25) is 14.6 Å². The van der Waals surface area contributed by atoms with Crippen LogP contribution in [-0.4, -0.2) is 27.7 Å². The molecule has 2 heterocycles. The molecule has 2 aromatic heterocycles. The number of aryl methyl sites for hydroxylation is 1. The Labute approximate surface area is 143 Å². The number of hydrogen-bond donors (Lipinski definition) is 2. The highest BCUT2D eigenvalue weighted by atomic mass is 16.5. The Morgan fingerprint density at radius 3 is 2.80 bits per heavy atom. The Bertz CT molecular complexity index is 1010. The second kappa shape index (κ2) is 6.64. The third kappa shape index (κ3) is 3.60. The molecule has 0 aliphatic rings. The summed E-state index contributed by atoms with van der Waals surface area (Å²) < 4.78 is 6.44. The van der Waals surface area contributed by atoms with Crippen molar-refractivity contribution in [2.75, 3.05) is 12.4 Å². The van der Waals surface area contributed by atoms with E-state index in [-0.39, 0.29) is 18.2 Å². The zero-order valence-corrected chi connectivity index (χ0v) is 13.8. The molecular formula is C18H17N3O4. The van der Waals surface area contributed by atoms with Crippen molar-refractivity contribution in [3.05, 3.63) is 58.6 Å². The van der Waals surface area contributed by atoms with Gasteiger partial charge in [-0.2, -0.15) is 0 Å². The standard InChI is InChI=1S/C18H17N3O4/c1-11-5-14(22)7-18(24)21(11)10-17(23)20-13-6-12-3-4-15(25-2)8-16(12)19-9-13/h3-9,22H,10H2,1-2H3,(H,20,23). The number of aromatic hydroxyl groups is 1. The molecule has 0 saturated heterocycles. The Hall–Kier alpha value is -3.35. The van der Waals surface area contributed by atoms with E-state index in [0.717, 1.165) is 17.0 Å². The summed E-state index contributed by atoms with van der Waals surface area (Å²) in [5.74, 6) is 0.234. The van der Waals surface area contributed by atoms with Crippen molar-refractivity contribution in [1.82, 2.24) is 9.55 Å². The molecule has 3 rings (SSSR count). The van der Waals surface area contributed by atoms with E-state index >= 15 is 0 Å². The van der Waals surface area contributed by atoms with Gasteiger partial charge in [0.15, 0.2) is 0 Å². The van der Waals surface area contributed by atoms with Crippen molar-refractivity contribution in [2.45, 2.75) is 13.5 Å². The number of amides is 1. The van der Waals surface area contributed by atoms with Crippen LogP contribution in [0.1, 0.15) is 5.69 Å². The number of ether oxygens (including phenoxy) is 1. The summed E-state index contributed by atoms with van der Waals surface area (Å²) in [5.41, 5.74) is 1.36. The van der Waals surface area contributed by atoms with Gasteiger partial charge in [0.2, 0.25) is 5.91 Å². The average Bonchev–Trinajstić information content (AvgIpc) is 2.57. The number of pyridine rings is 2. The minimum absolute atomic E-state index is 0.117. The molecule has 1 amide bonds. The molecule has 0 atom stereocenters. The fourth-order valence-electron chi connectivity index (χ4n) is 2.56. The minimum atomic E-state index is -0.434. The van der Waals surface area contributed by atoms with Gasteiger partial charge < -0.3 is 19.7 Å². The monoisotopic (exact) mass is 339 g/mol. The lowest BCUT2D eigenvalue weighted by Gasteiger charge is -2.11. The number of fused-ring (bicyclic) bond motifs is 1. The maximum absolute atomic E-state index is 12.2. The molecule has 0 unspecified atom stereocenters. The van der Waals surface area contributed by atoms with Gasteiger partial charge in [-0.25, -0.2) is 0 Å². The van der Waals surface area contributed by atoms with E-state index in [1.54, 1.807) is 32.4 Å². The molecule has 128 valence electrons. The predicted octanol–water partition coefficient (Wildman–Crippen LogP) is 2.06. The number of carbonyl (C=O) groups is 1. The molecule has 7 nitrogen and oxygen atoms in total. The lowest BCUT2D eigenvalue weighted by Crippen LogP contribution is -2.28. The highest BCUT2D eigenvalue weighted by molar-refractivity contribution is 5.93. The lowest BCUT2D eigenvalue weighted by atomic mass is 10.2. The van der Waals surface area contributed by atoms with E-state index in [4.69, 9.17) is 4.74 Å². The van der Waals surface area contributed by atoms with Crippen LogP contribution in [-0.2, 0) is 11.3 Å². The molecule has 7 heteroatoms. The first-order valence-corrected chi connectivity index (χ1v) is 7.60. The van der Waals surface area contributed by atoms with Gasteiger partial charge in [-0.05, 0) is 31.2 Å². The topological polar surface area (TPSA) is 93.5 Å². The summed E-state index contributed by atoms with van der Waals surface area (Å²) in [6.45, 7) is 1.50. The zero-order valence-electron chi connectivity index (χ0n) is 13.8. The normalized spacial score (nSPS) is 10.6. The maximum atomic E-state index is 12.2. The second-order valence-electron chi connectivity index (χ2n) is 5.61. The summed E-state index contributed by atoms with van der Waals surface area (Å²) in [7, 11) is 1.59. The Morgan fingerprint density at radius 1 is 1.28 bits per heavy atom. The molecule has 25 heavy (non-hydrogen) atoms. The Kier molecular flexibility index (Phi) is 4.38. The number of rotatable bonds is 4. The van der Waals surface area contributed by atoms with Crippen molar-refractivity contribution in [3.8, 4) is 11.5 Å². The number of methoxy groups -OCH3 is 1. The number of benzene rings is 1. The van der Waals surface area contributed by atoms with Crippen molar-refractivity contribution < 1.29 is 14.6 Å². The van der Waals surface area contributed by atoms with Crippen LogP contribution >= 0.6 is 0 Å². The van der Waals surface area contributed by atoms with Crippen LogP contribution in [0.3, 0.4) is 0 Å². The van der Waals surface area contributed by atoms with E-state index < -0.39 is 5.56 Å². The zero-order chi connectivity index (χ0) is 18.0. The number of carbonyl (C=O) groups excluding carboxylic acids is 1. The van der Waals surface area contributed by atoms with Gasteiger partial charge in [0.1, 0.15) is 18.0 Å². The van der Waals surface area contributed by atoms with Gasteiger partial charge in [0, 0.05) is 23.2 Å². The molecule has 0 fully saturated rings. The fourth-order valence-corrected chi connectivity index (χ4v) is 2.56. The first kappa shape index (κ1) is 16.5. The third-order valence-electron chi connectivity index (χ3n) is 3.80. The molecule has 0 spiro atoms. The van der Waals surface area contributed by atoms with Crippen LogP contribution in [0.15, 0.2) is 47.4 Å². The van der Waals surface area contributed by atoms with Crippen LogP contribution in [0.25, 0.3) is 10.9 Å². The van der Waals surface area contributed by atoms with Crippen LogP contribution in [0, 0.1) is 6.92 Å². The number of aromatic nitrogens is 2. The molecule has 0 radical (unpaired) electrons. The number of nitrogens with zero attached hydrogens (tertiary/aromatic N) is 2. The molecule has 0 aliphatic heterocycles. The highest BCUT2D eigenvalue weighted by Gasteiger charge is 2.09.